The molecule has 2 rings (SSSR count). The van der Waals surface area contributed by atoms with E-state index in [1.54, 1.807) is 0 Å². The molecule has 1 amide bonds. The van der Waals surface area contributed by atoms with Crippen LogP contribution in [-0.4, -0.2) is 46.5 Å². The van der Waals surface area contributed by atoms with Gasteiger partial charge in [-0.25, -0.2) is 21.9 Å². The molecular weight excluding hydrogens is 378 g/mol. The Hall–Kier alpha value is -2.36. The molecule has 0 unspecified atom stereocenters. The molecule has 0 radical (unpaired) electrons. The predicted octanol–water partition coefficient (Wildman–Crippen LogP) is 2.16. The summed E-state index contributed by atoms with van der Waals surface area (Å²) in [5, 5.41) is 0. The molecule has 0 saturated heterocycles. The molecular formula is C18H20F2N2O4S. The standard InChI is InChI=1S/C18H20F2N2O4S/c1-22(12-14-3-6-15(19)11-17(14)20)18(23)13-4-7-16(8-5-13)27(24,25)21-9-10-26-2/h3-8,11,21H,9-10,12H2,1-2H3. The molecule has 0 aliphatic carbocycles. The quantitative estimate of drug-likeness (QED) is 0.692. The lowest BCUT2D eigenvalue weighted by atomic mass is 10.1. The molecule has 0 atom stereocenters. The number of ether oxygens (including phenoxy) is 1. The van der Waals surface area contributed by atoms with Crippen LogP contribution in [0.25, 0.3) is 0 Å². The van der Waals surface area contributed by atoms with Crippen molar-refractivity contribution in [3.05, 3.63) is 65.2 Å². The first-order chi connectivity index (χ1) is 12.7. The van der Waals surface area contributed by atoms with Crippen LogP contribution in [0.15, 0.2) is 47.4 Å². The summed E-state index contributed by atoms with van der Waals surface area (Å²) in [4.78, 5) is 13.7. The van der Waals surface area contributed by atoms with E-state index in [1.165, 1.54) is 49.4 Å². The van der Waals surface area contributed by atoms with Crippen molar-refractivity contribution < 1.29 is 26.7 Å². The van der Waals surface area contributed by atoms with Crippen molar-refractivity contribution >= 4 is 15.9 Å². The van der Waals surface area contributed by atoms with Crippen LogP contribution in [0.3, 0.4) is 0 Å². The number of sulfonamides is 1. The second-order valence-corrected chi connectivity index (χ2v) is 7.58. The van der Waals surface area contributed by atoms with Gasteiger partial charge in [-0.1, -0.05) is 6.07 Å². The number of amides is 1. The second-order valence-electron chi connectivity index (χ2n) is 5.81. The van der Waals surface area contributed by atoms with Gasteiger partial charge >= 0.3 is 0 Å². The zero-order valence-corrected chi connectivity index (χ0v) is 15.7. The minimum atomic E-state index is -3.69. The Kier molecular flexibility index (Phi) is 7.00. The maximum atomic E-state index is 13.7. The monoisotopic (exact) mass is 398 g/mol. The van der Waals surface area contributed by atoms with Gasteiger partial charge in [-0.3, -0.25) is 4.79 Å². The van der Waals surface area contributed by atoms with E-state index in [-0.39, 0.29) is 35.7 Å². The van der Waals surface area contributed by atoms with Gasteiger partial charge in [0.25, 0.3) is 5.91 Å². The number of nitrogens with zero attached hydrogens (tertiary/aromatic N) is 1. The maximum Gasteiger partial charge on any atom is 0.253 e. The number of carbonyl (C=O) groups is 1. The summed E-state index contributed by atoms with van der Waals surface area (Å²) in [6.07, 6.45) is 0. The molecule has 2 aromatic carbocycles. The third-order valence-electron chi connectivity index (χ3n) is 3.78. The Morgan fingerprint density at radius 3 is 2.41 bits per heavy atom. The maximum absolute atomic E-state index is 13.7. The summed E-state index contributed by atoms with van der Waals surface area (Å²) in [6.45, 7) is 0.315. The number of nitrogens with one attached hydrogen (secondary N) is 1. The predicted molar refractivity (Wildman–Crippen MR) is 95.7 cm³/mol. The Bertz CT molecular complexity index is 902. The van der Waals surface area contributed by atoms with Crippen molar-refractivity contribution in [1.82, 2.24) is 9.62 Å². The molecule has 2 aromatic rings. The van der Waals surface area contributed by atoms with E-state index in [1.807, 2.05) is 0 Å². The van der Waals surface area contributed by atoms with Crippen LogP contribution >= 0.6 is 0 Å². The van der Waals surface area contributed by atoms with Crippen LogP contribution in [-0.2, 0) is 21.3 Å². The molecule has 0 aliphatic rings. The van der Waals surface area contributed by atoms with Crippen molar-refractivity contribution in [3.8, 4) is 0 Å². The summed E-state index contributed by atoms with van der Waals surface area (Å²) < 4.78 is 58.0. The van der Waals surface area contributed by atoms with E-state index in [2.05, 4.69) is 4.72 Å². The molecule has 0 heterocycles. The highest BCUT2D eigenvalue weighted by Gasteiger charge is 2.17. The molecule has 0 aliphatic heterocycles. The van der Waals surface area contributed by atoms with Crippen molar-refractivity contribution in [2.75, 3.05) is 27.3 Å². The van der Waals surface area contributed by atoms with Crippen LogP contribution in [0.1, 0.15) is 15.9 Å². The highest BCUT2D eigenvalue weighted by atomic mass is 32.2. The van der Waals surface area contributed by atoms with Crippen LogP contribution in [0.2, 0.25) is 0 Å². The zero-order valence-electron chi connectivity index (χ0n) is 14.9. The van der Waals surface area contributed by atoms with Crippen LogP contribution < -0.4 is 4.72 Å². The van der Waals surface area contributed by atoms with Gasteiger partial charge in [0.15, 0.2) is 0 Å². The van der Waals surface area contributed by atoms with Gasteiger partial charge in [0, 0.05) is 44.4 Å². The fraction of sp³-hybridized carbons (Fsp3) is 0.278. The number of halogens is 2. The first kappa shape index (κ1) is 20.9. The van der Waals surface area contributed by atoms with E-state index < -0.39 is 27.6 Å². The van der Waals surface area contributed by atoms with Crippen molar-refractivity contribution in [3.63, 3.8) is 0 Å². The fourth-order valence-corrected chi connectivity index (χ4v) is 3.35. The van der Waals surface area contributed by atoms with E-state index in [0.717, 1.165) is 12.1 Å². The van der Waals surface area contributed by atoms with Gasteiger partial charge < -0.3 is 9.64 Å². The van der Waals surface area contributed by atoms with Gasteiger partial charge in [-0.05, 0) is 30.3 Å². The highest BCUT2D eigenvalue weighted by Crippen LogP contribution is 2.15. The minimum Gasteiger partial charge on any atom is -0.383 e. The first-order valence-electron chi connectivity index (χ1n) is 8.02. The lowest BCUT2D eigenvalue weighted by Gasteiger charge is -2.18. The molecule has 0 aromatic heterocycles. The molecule has 27 heavy (non-hydrogen) atoms. The Labute approximate surface area is 156 Å². The van der Waals surface area contributed by atoms with E-state index >= 15 is 0 Å². The van der Waals surface area contributed by atoms with Crippen LogP contribution in [0, 0.1) is 11.6 Å². The second kappa shape index (κ2) is 9.03. The minimum absolute atomic E-state index is 0.0161. The van der Waals surface area contributed by atoms with Crippen molar-refractivity contribution in [1.29, 1.82) is 0 Å². The summed E-state index contributed by atoms with van der Waals surface area (Å²) in [7, 11) is -0.758. The van der Waals surface area contributed by atoms with Gasteiger partial charge in [-0.2, -0.15) is 0 Å². The highest BCUT2D eigenvalue weighted by molar-refractivity contribution is 7.89. The van der Waals surface area contributed by atoms with Gasteiger partial charge in [0.1, 0.15) is 11.6 Å². The molecule has 0 fully saturated rings. The summed E-state index contributed by atoms with van der Waals surface area (Å²) in [6, 6.07) is 8.53. The number of hydrogen-bond acceptors (Lipinski definition) is 4. The first-order valence-corrected chi connectivity index (χ1v) is 9.51. The largest absolute Gasteiger partial charge is 0.383 e. The lowest BCUT2D eigenvalue weighted by Crippen LogP contribution is -2.28. The smallest absolute Gasteiger partial charge is 0.253 e. The van der Waals surface area contributed by atoms with Crippen molar-refractivity contribution in [2.45, 2.75) is 11.4 Å². The number of methoxy groups -OCH3 is 1. The summed E-state index contributed by atoms with van der Waals surface area (Å²) in [5.41, 5.74) is 0.421. The number of carbonyl (C=O) groups excluding carboxylic acids is 1. The normalized spacial score (nSPS) is 11.4. The zero-order chi connectivity index (χ0) is 20.0. The Morgan fingerprint density at radius 1 is 1.15 bits per heavy atom. The average molecular weight is 398 g/mol. The third kappa shape index (κ3) is 5.56. The van der Waals surface area contributed by atoms with E-state index in [9.17, 15) is 22.0 Å². The Balaban J connectivity index is 2.08. The SMILES string of the molecule is COCCNS(=O)(=O)c1ccc(C(=O)N(C)Cc2ccc(F)cc2F)cc1. The molecule has 6 nitrogen and oxygen atoms in total. The van der Waals surface area contributed by atoms with Gasteiger partial charge in [0.05, 0.1) is 11.5 Å². The fourth-order valence-electron chi connectivity index (χ4n) is 2.34. The lowest BCUT2D eigenvalue weighted by molar-refractivity contribution is 0.0783. The van der Waals surface area contributed by atoms with E-state index in [0.29, 0.717) is 0 Å². The van der Waals surface area contributed by atoms with Crippen LogP contribution in [0.4, 0.5) is 8.78 Å². The number of hydrogen-bond donors (Lipinski definition) is 1. The average Bonchev–Trinajstić information content (AvgIpc) is 2.63. The van der Waals surface area contributed by atoms with Gasteiger partial charge in [0.2, 0.25) is 10.0 Å². The molecule has 9 heteroatoms. The summed E-state index contributed by atoms with van der Waals surface area (Å²) in [5.74, 6) is -1.85. The van der Waals surface area contributed by atoms with Gasteiger partial charge in [-0.15, -0.1) is 0 Å². The van der Waals surface area contributed by atoms with Crippen LogP contribution in [0.5, 0.6) is 0 Å². The Morgan fingerprint density at radius 2 is 1.81 bits per heavy atom. The van der Waals surface area contributed by atoms with E-state index in [4.69, 9.17) is 4.74 Å². The molecule has 1 N–H and O–H groups in total. The molecule has 0 bridgehead atoms. The number of rotatable bonds is 8. The number of benzene rings is 2. The molecule has 0 spiro atoms. The topological polar surface area (TPSA) is 75.7 Å². The summed E-state index contributed by atoms with van der Waals surface area (Å²) >= 11 is 0. The molecule has 146 valence electrons. The molecule has 0 saturated carbocycles. The third-order valence-corrected chi connectivity index (χ3v) is 5.26. The van der Waals surface area contributed by atoms with Crippen molar-refractivity contribution in [2.24, 2.45) is 0 Å².